The molecule has 0 bridgehead atoms. The van der Waals surface area contributed by atoms with Gasteiger partial charge in [0, 0.05) is 17.6 Å². The number of amides is 1. The summed E-state index contributed by atoms with van der Waals surface area (Å²) in [5.41, 5.74) is 6.45. The summed E-state index contributed by atoms with van der Waals surface area (Å²) in [6.07, 6.45) is 3.83. The number of halogens is 1. The van der Waals surface area contributed by atoms with E-state index < -0.39 is 0 Å². The van der Waals surface area contributed by atoms with Gasteiger partial charge in [-0.3, -0.25) is 4.79 Å². The molecule has 1 aliphatic rings. The van der Waals surface area contributed by atoms with E-state index in [-0.39, 0.29) is 30.4 Å². The molecule has 6 heteroatoms. The lowest BCUT2D eigenvalue weighted by Crippen LogP contribution is -2.40. The van der Waals surface area contributed by atoms with Gasteiger partial charge in [0.25, 0.3) is 5.91 Å². The van der Waals surface area contributed by atoms with Crippen LogP contribution in [0.2, 0.25) is 0 Å². The molecule has 3 N–H and O–H groups in total. The second-order valence-electron chi connectivity index (χ2n) is 5.15. The third kappa shape index (κ3) is 4.51. The Kier molecular flexibility index (Phi) is 6.78. The summed E-state index contributed by atoms with van der Waals surface area (Å²) in [5.74, 6) is 1.10. The topological polar surface area (TPSA) is 73.6 Å². The summed E-state index contributed by atoms with van der Waals surface area (Å²) in [5, 5.41) is 3.05. The van der Waals surface area contributed by atoms with Gasteiger partial charge < -0.3 is 20.5 Å². The van der Waals surface area contributed by atoms with E-state index in [4.69, 9.17) is 15.2 Å². The third-order valence-electron chi connectivity index (χ3n) is 3.75. The van der Waals surface area contributed by atoms with E-state index in [9.17, 15) is 4.79 Å². The number of hydrogen-bond donors (Lipinski definition) is 2. The number of nitrogens with two attached hydrogens (primary N) is 1. The van der Waals surface area contributed by atoms with Gasteiger partial charge in [-0.25, -0.2) is 0 Å². The van der Waals surface area contributed by atoms with Crippen molar-refractivity contribution in [2.24, 2.45) is 5.73 Å². The fourth-order valence-corrected chi connectivity index (χ4v) is 2.51. The first-order valence-electron chi connectivity index (χ1n) is 6.92. The number of hydrogen-bond acceptors (Lipinski definition) is 4. The molecule has 0 saturated heterocycles. The summed E-state index contributed by atoms with van der Waals surface area (Å²) in [4.78, 5) is 12.2. The lowest BCUT2D eigenvalue weighted by atomic mass is 9.91. The summed E-state index contributed by atoms with van der Waals surface area (Å²) in [7, 11) is 3.13. The Hall–Kier alpha value is -1.46. The number of methoxy groups -OCH3 is 2. The van der Waals surface area contributed by atoms with E-state index in [1.165, 1.54) is 0 Å². The van der Waals surface area contributed by atoms with Crippen molar-refractivity contribution < 1.29 is 14.3 Å². The van der Waals surface area contributed by atoms with Crippen LogP contribution in [-0.4, -0.2) is 32.2 Å². The Morgan fingerprint density at radius 1 is 1.14 bits per heavy atom. The molecule has 0 aliphatic heterocycles. The van der Waals surface area contributed by atoms with Crippen molar-refractivity contribution in [1.82, 2.24) is 5.32 Å². The maximum Gasteiger partial charge on any atom is 0.251 e. The summed E-state index contributed by atoms with van der Waals surface area (Å²) >= 11 is 0. The first kappa shape index (κ1) is 17.6. The highest BCUT2D eigenvalue weighted by atomic mass is 35.5. The molecule has 0 aromatic heterocycles. The van der Waals surface area contributed by atoms with Gasteiger partial charge in [-0.05, 0) is 43.9 Å². The average Bonchev–Trinajstić information content (AvgIpc) is 2.48. The molecule has 0 spiro atoms. The van der Waals surface area contributed by atoms with E-state index in [1.807, 2.05) is 0 Å². The predicted molar refractivity (Wildman–Crippen MR) is 84.5 cm³/mol. The van der Waals surface area contributed by atoms with Crippen LogP contribution in [0.1, 0.15) is 36.0 Å². The molecular weight excluding hydrogens is 292 g/mol. The van der Waals surface area contributed by atoms with Crippen molar-refractivity contribution in [2.75, 3.05) is 14.2 Å². The second-order valence-corrected chi connectivity index (χ2v) is 5.15. The Balaban J connectivity index is 0.00000220. The first-order chi connectivity index (χ1) is 9.63. The van der Waals surface area contributed by atoms with E-state index in [0.29, 0.717) is 17.1 Å². The van der Waals surface area contributed by atoms with Crippen molar-refractivity contribution in [1.29, 1.82) is 0 Å². The molecule has 5 nitrogen and oxygen atoms in total. The largest absolute Gasteiger partial charge is 0.493 e. The molecule has 1 aromatic carbocycles. The molecule has 0 radical (unpaired) electrons. The fraction of sp³-hybridized carbons (Fsp3) is 0.533. The van der Waals surface area contributed by atoms with E-state index in [1.54, 1.807) is 32.4 Å². The van der Waals surface area contributed by atoms with Crippen LogP contribution in [0, 0.1) is 0 Å². The van der Waals surface area contributed by atoms with E-state index in [0.717, 1.165) is 25.7 Å². The molecule has 21 heavy (non-hydrogen) atoms. The van der Waals surface area contributed by atoms with Crippen molar-refractivity contribution in [3.63, 3.8) is 0 Å². The van der Waals surface area contributed by atoms with Crippen LogP contribution in [0.4, 0.5) is 0 Å². The molecule has 2 rings (SSSR count). The van der Waals surface area contributed by atoms with E-state index in [2.05, 4.69) is 5.32 Å². The highest BCUT2D eigenvalue weighted by Crippen LogP contribution is 2.27. The molecule has 0 unspecified atom stereocenters. The van der Waals surface area contributed by atoms with Crippen LogP contribution in [0.15, 0.2) is 18.2 Å². The predicted octanol–water partition coefficient (Wildman–Crippen LogP) is 2.13. The van der Waals surface area contributed by atoms with E-state index >= 15 is 0 Å². The number of rotatable bonds is 4. The molecule has 1 saturated carbocycles. The van der Waals surface area contributed by atoms with Gasteiger partial charge in [0.15, 0.2) is 11.5 Å². The number of benzene rings is 1. The smallest absolute Gasteiger partial charge is 0.251 e. The van der Waals surface area contributed by atoms with Gasteiger partial charge in [0.1, 0.15) is 0 Å². The lowest BCUT2D eigenvalue weighted by Gasteiger charge is -2.26. The van der Waals surface area contributed by atoms with Gasteiger partial charge in [0.2, 0.25) is 0 Å². The molecule has 0 atom stereocenters. The van der Waals surface area contributed by atoms with Gasteiger partial charge >= 0.3 is 0 Å². The highest BCUT2D eigenvalue weighted by Gasteiger charge is 2.21. The van der Waals surface area contributed by atoms with Gasteiger partial charge in [0.05, 0.1) is 14.2 Å². The van der Waals surface area contributed by atoms with Crippen molar-refractivity contribution >= 4 is 18.3 Å². The number of ether oxygens (including phenoxy) is 2. The minimum Gasteiger partial charge on any atom is -0.493 e. The van der Waals surface area contributed by atoms with Crippen molar-refractivity contribution in [3.05, 3.63) is 23.8 Å². The van der Waals surface area contributed by atoms with Crippen LogP contribution in [0.5, 0.6) is 11.5 Å². The van der Waals surface area contributed by atoms with Crippen molar-refractivity contribution in [2.45, 2.75) is 37.8 Å². The van der Waals surface area contributed by atoms with Gasteiger partial charge in [-0.15, -0.1) is 12.4 Å². The Morgan fingerprint density at radius 2 is 1.76 bits per heavy atom. The quantitative estimate of drug-likeness (QED) is 0.893. The average molecular weight is 315 g/mol. The highest BCUT2D eigenvalue weighted by molar-refractivity contribution is 5.95. The molecule has 118 valence electrons. The van der Waals surface area contributed by atoms with Crippen molar-refractivity contribution in [3.8, 4) is 11.5 Å². The minimum atomic E-state index is -0.0774. The summed E-state index contributed by atoms with van der Waals surface area (Å²) in [6, 6.07) is 5.68. The third-order valence-corrected chi connectivity index (χ3v) is 3.75. The standard InChI is InChI=1S/C15H22N2O3.ClH/c1-19-13-8-3-10(9-14(13)20-2)15(18)17-12-6-4-11(16)5-7-12;/h3,8-9,11-12H,4-7,16H2,1-2H3,(H,17,18);1H. The monoisotopic (exact) mass is 314 g/mol. The number of carbonyl (C=O) groups is 1. The van der Waals surface area contributed by atoms with Crippen LogP contribution >= 0.6 is 12.4 Å². The Morgan fingerprint density at radius 3 is 2.33 bits per heavy atom. The first-order valence-corrected chi connectivity index (χ1v) is 6.92. The minimum absolute atomic E-state index is 0. The molecule has 1 fully saturated rings. The molecule has 1 aliphatic carbocycles. The maximum absolute atomic E-state index is 12.2. The van der Waals surface area contributed by atoms with Crippen LogP contribution in [0.25, 0.3) is 0 Å². The Bertz CT molecular complexity index is 474. The zero-order valence-corrected chi connectivity index (χ0v) is 13.2. The zero-order valence-electron chi connectivity index (χ0n) is 12.4. The fourth-order valence-electron chi connectivity index (χ4n) is 2.51. The summed E-state index contributed by atoms with van der Waals surface area (Å²) in [6.45, 7) is 0. The Labute approximate surface area is 131 Å². The maximum atomic E-state index is 12.2. The SMILES string of the molecule is COc1ccc(C(=O)NC2CCC(N)CC2)cc1OC.Cl. The molecule has 1 amide bonds. The van der Waals surface area contributed by atoms with Crippen LogP contribution in [0.3, 0.4) is 0 Å². The number of nitrogens with one attached hydrogen (secondary N) is 1. The number of carbonyl (C=O) groups excluding carboxylic acids is 1. The lowest BCUT2D eigenvalue weighted by molar-refractivity contribution is 0.0925. The molecule has 0 heterocycles. The molecular formula is C15H23ClN2O3. The summed E-state index contributed by atoms with van der Waals surface area (Å²) < 4.78 is 10.4. The normalized spacial score (nSPS) is 21.1. The second kappa shape index (κ2) is 8.10. The van der Waals surface area contributed by atoms with Gasteiger partial charge in [-0.2, -0.15) is 0 Å². The zero-order chi connectivity index (χ0) is 14.5. The van der Waals surface area contributed by atoms with Crippen LogP contribution < -0.4 is 20.5 Å². The van der Waals surface area contributed by atoms with Gasteiger partial charge in [-0.1, -0.05) is 0 Å². The molecule has 1 aromatic rings. The van der Waals surface area contributed by atoms with Crippen LogP contribution in [-0.2, 0) is 0 Å².